The lowest BCUT2D eigenvalue weighted by atomic mass is 9.77. The number of aryl methyl sites for hydroxylation is 1. The molecular formula is C52H57ClF2N8O6. The van der Waals surface area contributed by atoms with Crippen molar-refractivity contribution in [2.45, 2.75) is 87.8 Å². The first-order chi connectivity index (χ1) is 33.3. The normalized spacial score (nSPS) is 24.4. The number of anilines is 1. The number of rotatable bonds is 11. The molecule has 4 N–H and O–H groups in total. The first kappa shape index (κ1) is 46.6. The maximum Gasteiger partial charge on any atom is 0.329 e. The van der Waals surface area contributed by atoms with E-state index in [2.05, 4.69) is 26.5 Å². The van der Waals surface area contributed by atoms with E-state index in [1.165, 1.54) is 30.9 Å². The van der Waals surface area contributed by atoms with Crippen molar-refractivity contribution in [3.05, 3.63) is 106 Å². The molecule has 0 spiro atoms. The third-order valence-corrected chi connectivity index (χ3v) is 16.0. The monoisotopic (exact) mass is 962 g/mol. The second-order valence-corrected chi connectivity index (χ2v) is 19.7. The predicted octanol–water partition coefficient (Wildman–Crippen LogP) is 7.75. The summed E-state index contributed by atoms with van der Waals surface area (Å²) < 4.78 is 46.0. The van der Waals surface area contributed by atoms with Crippen molar-refractivity contribution in [2.24, 2.45) is 18.7 Å². The van der Waals surface area contributed by atoms with E-state index in [4.69, 9.17) is 31.9 Å². The number of likely N-dealkylation sites (tertiary alicyclic amines) is 2. The topological polar surface area (TPSA) is 164 Å². The van der Waals surface area contributed by atoms with Crippen LogP contribution in [0.2, 0.25) is 5.02 Å². The molecule has 1 aliphatic carbocycles. The number of benzene rings is 4. The Morgan fingerprint density at radius 2 is 1.71 bits per heavy atom. The number of carbonyl (C=O) groups is 4. The standard InChI is InChI=1S/C52H57ClF2N8O6/c1-29-42-40(26-38(54)45(53)44(42)43-36(48(56)65)16-17-39(68-3)46(43)55)69-52(29,32-8-5-4-6-9-32)28-57-33-14-12-31(13-15-33)50(66)62-24-20-34(27-62)61-22-18-30(19-23-61)35-10-7-11-37-47(35)60(2)59-49(37)63-25-21-41(64)58-51(63)67/h4-11,16-17,26,29-31,33-34,57H,12-15,18-25,27-28H2,1-3H3,(H2,56,65)(H,58,64,67)/t29-,31?,33?,34-,52-/m0/s1. The van der Waals surface area contributed by atoms with Gasteiger partial charge in [0.05, 0.1) is 23.2 Å². The second-order valence-electron chi connectivity index (χ2n) is 19.3. The summed E-state index contributed by atoms with van der Waals surface area (Å²) >= 11 is 6.71. The number of nitrogens with two attached hydrogens (primary N) is 1. The van der Waals surface area contributed by atoms with Gasteiger partial charge in [0, 0.05) is 91.7 Å². The van der Waals surface area contributed by atoms with Crippen molar-refractivity contribution in [1.29, 1.82) is 0 Å². The van der Waals surface area contributed by atoms with E-state index < -0.39 is 35.1 Å². The molecule has 4 aliphatic heterocycles. The molecule has 4 fully saturated rings. The van der Waals surface area contributed by atoms with Gasteiger partial charge in [-0.2, -0.15) is 5.10 Å². The summed E-state index contributed by atoms with van der Waals surface area (Å²) in [4.78, 5) is 57.5. The highest BCUT2D eigenvalue weighted by molar-refractivity contribution is 6.34. The van der Waals surface area contributed by atoms with Crippen LogP contribution < -0.4 is 30.7 Å². The number of urea groups is 1. The molecule has 4 aromatic carbocycles. The fraction of sp³-hybridized carbons (Fsp3) is 0.442. The molecule has 10 rings (SSSR count). The number of aromatic nitrogens is 2. The summed E-state index contributed by atoms with van der Waals surface area (Å²) in [5, 5.41) is 11.5. The van der Waals surface area contributed by atoms with Crippen molar-refractivity contribution in [3.63, 3.8) is 0 Å². The minimum absolute atomic E-state index is 0.00412. The van der Waals surface area contributed by atoms with Gasteiger partial charge < -0.3 is 25.4 Å². The highest BCUT2D eigenvalue weighted by atomic mass is 35.5. The molecule has 14 nitrogen and oxygen atoms in total. The number of fused-ring (bicyclic) bond motifs is 2. The third-order valence-electron chi connectivity index (χ3n) is 15.6. The highest BCUT2D eigenvalue weighted by Crippen LogP contribution is 2.56. The lowest BCUT2D eigenvalue weighted by Gasteiger charge is -2.38. The Kier molecular flexibility index (Phi) is 12.6. The number of hydrogen-bond donors (Lipinski definition) is 3. The Morgan fingerprint density at radius 3 is 2.42 bits per heavy atom. The number of imide groups is 1. The Balaban J connectivity index is 0.774. The number of nitrogens with one attached hydrogen (secondary N) is 2. The third kappa shape index (κ3) is 8.27. The maximum absolute atomic E-state index is 16.2. The van der Waals surface area contributed by atoms with Crippen LogP contribution in [0.15, 0.2) is 66.7 Å². The quantitative estimate of drug-likeness (QED) is 0.120. The Labute approximate surface area is 404 Å². The van der Waals surface area contributed by atoms with Gasteiger partial charge >= 0.3 is 6.03 Å². The van der Waals surface area contributed by atoms with Crippen LogP contribution in [0.5, 0.6) is 11.5 Å². The van der Waals surface area contributed by atoms with Gasteiger partial charge in [-0.25, -0.2) is 13.6 Å². The van der Waals surface area contributed by atoms with Gasteiger partial charge in [0.15, 0.2) is 23.0 Å². The first-order valence-corrected chi connectivity index (χ1v) is 24.4. The molecule has 1 aromatic heterocycles. The van der Waals surface area contributed by atoms with E-state index in [0.717, 1.165) is 87.6 Å². The summed E-state index contributed by atoms with van der Waals surface area (Å²) in [6, 6.07) is 19.6. The van der Waals surface area contributed by atoms with Crippen molar-refractivity contribution in [1.82, 2.24) is 30.2 Å². The smallest absolute Gasteiger partial charge is 0.329 e. The molecule has 362 valence electrons. The Morgan fingerprint density at radius 1 is 0.957 bits per heavy atom. The molecule has 0 radical (unpaired) electrons. The summed E-state index contributed by atoms with van der Waals surface area (Å²) in [6.07, 6.45) is 6.19. The summed E-state index contributed by atoms with van der Waals surface area (Å²) in [6.45, 7) is 5.89. The van der Waals surface area contributed by atoms with Gasteiger partial charge in [0.2, 0.25) is 17.7 Å². The molecule has 3 saturated heterocycles. The van der Waals surface area contributed by atoms with Gasteiger partial charge in [0.25, 0.3) is 0 Å². The van der Waals surface area contributed by atoms with Gasteiger partial charge in [-0.05, 0) is 93.3 Å². The average molecular weight is 964 g/mol. The van der Waals surface area contributed by atoms with Crippen LogP contribution in [0, 0.1) is 17.6 Å². The van der Waals surface area contributed by atoms with E-state index >= 15 is 8.78 Å². The molecule has 1 saturated carbocycles. The minimum atomic E-state index is -1.07. The van der Waals surface area contributed by atoms with Crippen LogP contribution in [0.4, 0.5) is 19.4 Å². The number of para-hydroxylation sites is 1. The zero-order valence-corrected chi connectivity index (χ0v) is 39.8. The van der Waals surface area contributed by atoms with Crippen molar-refractivity contribution in [2.75, 3.05) is 51.3 Å². The number of primary amides is 1. The predicted molar refractivity (Wildman–Crippen MR) is 258 cm³/mol. The summed E-state index contributed by atoms with van der Waals surface area (Å²) in [7, 11) is 3.21. The van der Waals surface area contributed by atoms with Crippen molar-refractivity contribution < 1.29 is 37.4 Å². The molecule has 5 aromatic rings. The van der Waals surface area contributed by atoms with Crippen LogP contribution in [-0.2, 0) is 22.2 Å². The van der Waals surface area contributed by atoms with E-state index in [1.54, 1.807) is 4.90 Å². The Bertz CT molecular complexity index is 2850. The van der Waals surface area contributed by atoms with Crippen LogP contribution in [0.25, 0.3) is 22.0 Å². The van der Waals surface area contributed by atoms with Crippen molar-refractivity contribution in [3.8, 4) is 22.6 Å². The zero-order valence-electron chi connectivity index (χ0n) is 39.0. The lowest BCUT2D eigenvalue weighted by molar-refractivity contribution is -0.135. The number of methoxy groups -OCH3 is 1. The molecule has 69 heavy (non-hydrogen) atoms. The zero-order chi connectivity index (χ0) is 48.3. The second kappa shape index (κ2) is 18.7. The summed E-state index contributed by atoms with van der Waals surface area (Å²) in [5.74, 6) is -2.31. The molecule has 5 aliphatic rings. The fourth-order valence-electron chi connectivity index (χ4n) is 11.9. The molecule has 0 bridgehead atoms. The lowest BCUT2D eigenvalue weighted by Crippen LogP contribution is -2.49. The minimum Gasteiger partial charge on any atom is -0.494 e. The number of hydrogen-bond acceptors (Lipinski definition) is 9. The number of ether oxygens (including phenoxy) is 2. The van der Waals surface area contributed by atoms with Crippen LogP contribution in [-0.4, -0.2) is 102 Å². The number of carbonyl (C=O) groups excluding carboxylic acids is 4. The van der Waals surface area contributed by atoms with E-state index in [9.17, 15) is 19.2 Å². The average Bonchev–Trinajstić information content (AvgIpc) is 4.06. The molecule has 3 atom stereocenters. The van der Waals surface area contributed by atoms with Crippen molar-refractivity contribution >= 4 is 52.1 Å². The molecule has 17 heteroatoms. The largest absolute Gasteiger partial charge is 0.494 e. The van der Waals surface area contributed by atoms with Crippen LogP contribution in [0.3, 0.4) is 0 Å². The molecule has 0 unspecified atom stereocenters. The molecule has 5 amide bonds. The molecule has 5 heterocycles. The van der Waals surface area contributed by atoms with Gasteiger partial charge in [-0.1, -0.05) is 61.0 Å². The highest BCUT2D eigenvalue weighted by Gasteiger charge is 2.50. The van der Waals surface area contributed by atoms with Gasteiger partial charge in [-0.15, -0.1) is 0 Å². The SMILES string of the molecule is COc1ccc(C(N)=O)c(-c2c(Cl)c(F)cc3c2[C@H](C)[C@@](CNC2CCC(C(=O)N4CC[C@H](N5CCC(c6cccc7c(N8CCC(=O)NC8=O)nn(C)c67)CC5)C4)CC2)(c2ccccc2)O3)c1F. The number of nitrogens with zero attached hydrogens (tertiary/aromatic N) is 5. The number of halogens is 3. The van der Waals surface area contributed by atoms with E-state index in [1.807, 2.05) is 61.1 Å². The number of amides is 5. The van der Waals surface area contributed by atoms with E-state index in [-0.39, 0.29) is 63.4 Å². The van der Waals surface area contributed by atoms with Gasteiger partial charge in [0.1, 0.15) is 11.6 Å². The summed E-state index contributed by atoms with van der Waals surface area (Å²) in [5.41, 5.74) is 7.77. The first-order valence-electron chi connectivity index (χ1n) is 24.0. The number of piperidine rings is 1. The van der Waals surface area contributed by atoms with Gasteiger partial charge in [-0.3, -0.25) is 34.2 Å². The van der Waals surface area contributed by atoms with E-state index in [0.29, 0.717) is 36.4 Å². The van der Waals surface area contributed by atoms with Crippen LogP contribution in [0.1, 0.15) is 97.2 Å². The Hall–Kier alpha value is -6.10. The van der Waals surface area contributed by atoms with Crippen LogP contribution >= 0.6 is 11.6 Å². The molecular weight excluding hydrogens is 906 g/mol. The maximum atomic E-state index is 16.2. The fourth-order valence-corrected chi connectivity index (χ4v) is 12.2.